The third-order valence-corrected chi connectivity index (χ3v) is 7.98. The molecule has 0 aliphatic carbocycles. The van der Waals surface area contributed by atoms with Gasteiger partial charge >= 0.3 is 0 Å². The van der Waals surface area contributed by atoms with Crippen molar-refractivity contribution in [2.75, 3.05) is 19.6 Å². The van der Waals surface area contributed by atoms with E-state index in [-0.39, 0.29) is 0 Å². The van der Waals surface area contributed by atoms with Gasteiger partial charge in [0.15, 0.2) is 0 Å². The molecule has 0 saturated heterocycles. The lowest BCUT2D eigenvalue weighted by Crippen LogP contribution is -2.27. The van der Waals surface area contributed by atoms with Gasteiger partial charge in [0.2, 0.25) is 0 Å². The number of nitrogens with zero attached hydrogens (tertiary/aromatic N) is 1. The van der Waals surface area contributed by atoms with Crippen LogP contribution in [0, 0.1) is 0 Å². The summed E-state index contributed by atoms with van der Waals surface area (Å²) in [5.74, 6) is 0. The standard InChI is InChI=1S/C34H71N/c1-4-7-10-13-15-17-19-21-23-25-27-30-33-35(32-29-12-9-6-3)34-31-28-26-24-22-20-18-16-14-11-8-5-2/h4-34H2,1-3H3. The Balaban J connectivity index is 3.65. The Morgan fingerprint density at radius 3 is 0.629 bits per heavy atom. The molecule has 0 aromatic rings. The van der Waals surface area contributed by atoms with Crippen LogP contribution in [0.4, 0.5) is 0 Å². The molecule has 0 atom stereocenters. The zero-order valence-corrected chi connectivity index (χ0v) is 25.4. The van der Waals surface area contributed by atoms with Crippen molar-refractivity contribution in [3.63, 3.8) is 0 Å². The molecule has 0 aromatic heterocycles. The Labute approximate surface area is 225 Å². The van der Waals surface area contributed by atoms with Crippen LogP contribution in [0.25, 0.3) is 0 Å². The smallest absolute Gasteiger partial charge is 0.00187 e. The van der Waals surface area contributed by atoms with Crippen LogP contribution in [0.2, 0.25) is 0 Å². The summed E-state index contributed by atoms with van der Waals surface area (Å²) < 4.78 is 0. The van der Waals surface area contributed by atoms with Crippen molar-refractivity contribution < 1.29 is 0 Å². The van der Waals surface area contributed by atoms with E-state index >= 15 is 0 Å². The van der Waals surface area contributed by atoms with Gasteiger partial charge in [0.05, 0.1) is 0 Å². The Bertz CT molecular complexity index is 324. The Morgan fingerprint density at radius 2 is 0.400 bits per heavy atom. The van der Waals surface area contributed by atoms with E-state index < -0.39 is 0 Å². The fourth-order valence-corrected chi connectivity index (χ4v) is 5.45. The van der Waals surface area contributed by atoms with Gasteiger partial charge in [-0.05, 0) is 38.9 Å². The SMILES string of the molecule is CCCCCCCCCCCCCCN(CCCCCC)CCCCCCCCCCCCCC. The average Bonchev–Trinajstić information content (AvgIpc) is 2.87. The van der Waals surface area contributed by atoms with Crippen LogP contribution in [-0.4, -0.2) is 24.5 Å². The summed E-state index contributed by atoms with van der Waals surface area (Å²) in [4.78, 5) is 2.82. The average molecular weight is 494 g/mol. The van der Waals surface area contributed by atoms with E-state index in [9.17, 15) is 0 Å². The maximum atomic E-state index is 2.82. The van der Waals surface area contributed by atoms with Gasteiger partial charge < -0.3 is 4.90 Å². The largest absolute Gasteiger partial charge is 0.303 e. The van der Waals surface area contributed by atoms with Crippen molar-refractivity contribution in [1.82, 2.24) is 4.90 Å². The van der Waals surface area contributed by atoms with Crippen LogP contribution in [0.1, 0.15) is 201 Å². The molecule has 0 heterocycles. The van der Waals surface area contributed by atoms with Crippen LogP contribution >= 0.6 is 0 Å². The summed E-state index contributed by atoms with van der Waals surface area (Å²) in [6.07, 6.45) is 40.6. The Morgan fingerprint density at radius 1 is 0.229 bits per heavy atom. The molecule has 0 aliphatic heterocycles. The van der Waals surface area contributed by atoms with Crippen molar-refractivity contribution in [2.45, 2.75) is 201 Å². The highest BCUT2D eigenvalue weighted by Gasteiger charge is 2.05. The second-order valence-electron chi connectivity index (χ2n) is 11.7. The van der Waals surface area contributed by atoms with Crippen LogP contribution in [0.15, 0.2) is 0 Å². The zero-order valence-electron chi connectivity index (χ0n) is 25.4. The molecule has 0 amide bonds. The zero-order chi connectivity index (χ0) is 25.5. The first-order valence-electron chi connectivity index (χ1n) is 17.1. The second-order valence-corrected chi connectivity index (χ2v) is 11.7. The predicted molar refractivity (Wildman–Crippen MR) is 163 cm³/mol. The van der Waals surface area contributed by atoms with Crippen LogP contribution in [0.5, 0.6) is 0 Å². The summed E-state index contributed by atoms with van der Waals surface area (Å²) in [5, 5.41) is 0. The van der Waals surface area contributed by atoms with Gasteiger partial charge in [-0.3, -0.25) is 0 Å². The maximum Gasteiger partial charge on any atom is -0.00187 e. The normalized spacial score (nSPS) is 11.7. The minimum atomic E-state index is 1.36. The summed E-state index contributed by atoms with van der Waals surface area (Å²) in [6, 6.07) is 0. The fourth-order valence-electron chi connectivity index (χ4n) is 5.45. The summed E-state index contributed by atoms with van der Waals surface area (Å²) in [6.45, 7) is 11.0. The molecule has 0 aromatic carbocycles. The van der Waals surface area contributed by atoms with Crippen molar-refractivity contribution >= 4 is 0 Å². The Kier molecular flexibility index (Phi) is 32.0. The third kappa shape index (κ3) is 30.1. The number of rotatable bonds is 31. The van der Waals surface area contributed by atoms with Gasteiger partial charge in [-0.25, -0.2) is 0 Å². The number of unbranched alkanes of at least 4 members (excludes halogenated alkanes) is 25. The van der Waals surface area contributed by atoms with Gasteiger partial charge in [-0.1, -0.05) is 181 Å². The molecule has 1 heteroatoms. The van der Waals surface area contributed by atoms with Crippen molar-refractivity contribution in [3.05, 3.63) is 0 Å². The lowest BCUT2D eigenvalue weighted by atomic mass is 10.0. The molecule has 212 valence electrons. The molecular weight excluding hydrogens is 422 g/mol. The quantitative estimate of drug-likeness (QED) is 0.0867. The number of hydrogen-bond donors (Lipinski definition) is 0. The first-order chi connectivity index (χ1) is 17.3. The summed E-state index contributed by atoms with van der Waals surface area (Å²) in [5.41, 5.74) is 0. The highest BCUT2D eigenvalue weighted by atomic mass is 15.1. The summed E-state index contributed by atoms with van der Waals surface area (Å²) in [7, 11) is 0. The van der Waals surface area contributed by atoms with Crippen molar-refractivity contribution in [2.24, 2.45) is 0 Å². The highest BCUT2D eigenvalue weighted by Crippen LogP contribution is 2.14. The molecule has 0 aliphatic rings. The monoisotopic (exact) mass is 494 g/mol. The fraction of sp³-hybridized carbons (Fsp3) is 1.00. The minimum Gasteiger partial charge on any atom is -0.303 e. The molecule has 1 nitrogen and oxygen atoms in total. The van der Waals surface area contributed by atoms with Gasteiger partial charge in [0, 0.05) is 0 Å². The minimum absolute atomic E-state index is 1.36. The lowest BCUT2D eigenvalue weighted by Gasteiger charge is -2.22. The highest BCUT2D eigenvalue weighted by molar-refractivity contribution is 4.60. The lowest BCUT2D eigenvalue weighted by molar-refractivity contribution is 0.254. The second kappa shape index (κ2) is 32.0. The molecule has 0 radical (unpaired) electrons. The molecule has 0 rings (SSSR count). The van der Waals surface area contributed by atoms with Crippen molar-refractivity contribution in [1.29, 1.82) is 0 Å². The summed E-state index contributed by atoms with van der Waals surface area (Å²) >= 11 is 0. The first kappa shape index (κ1) is 35.0. The molecule has 0 unspecified atom stereocenters. The van der Waals surface area contributed by atoms with E-state index in [1.165, 1.54) is 199 Å². The van der Waals surface area contributed by atoms with Crippen molar-refractivity contribution in [3.8, 4) is 0 Å². The molecule has 0 spiro atoms. The molecule has 0 N–H and O–H groups in total. The topological polar surface area (TPSA) is 3.24 Å². The molecule has 0 fully saturated rings. The van der Waals surface area contributed by atoms with Gasteiger partial charge in [0.1, 0.15) is 0 Å². The van der Waals surface area contributed by atoms with Crippen LogP contribution in [-0.2, 0) is 0 Å². The van der Waals surface area contributed by atoms with E-state index in [0.29, 0.717) is 0 Å². The molecule has 0 saturated carbocycles. The van der Waals surface area contributed by atoms with Gasteiger partial charge in [0.25, 0.3) is 0 Å². The van der Waals surface area contributed by atoms with Crippen LogP contribution < -0.4 is 0 Å². The Hall–Kier alpha value is -0.0400. The van der Waals surface area contributed by atoms with E-state index in [1.807, 2.05) is 0 Å². The molecule has 35 heavy (non-hydrogen) atoms. The third-order valence-electron chi connectivity index (χ3n) is 7.98. The van der Waals surface area contributed by atoms with Crippen LogP contribution in [0.3, 0.4) is 0 Å². The molecular formula is C34H71N. The van der Waals surface area contributed by atoms with E-state index in [4.69, 9.17) is 0 Å². The molecule has 0 bridgehead atoms. The van der Waals surface area contributed by atoms with E-state index in [1.54, 1.807) is 0 Å². The number of hydrogen-bond acceptors (Lipinski definition) is 1. The predicted octanol–water partition coefficient (Wildman–Crippen LogP) is 12.3. The first-order valence-corrected chi connectivity index (χ1v) is 17.1. The van der Waals surface area contributed by atoms with Gasteiger partial charge in [-0.2, -0.15) is 0 Å². The van der Waals surface area contributed by atoms with Gasteiger partial charge in [-0.15, -0.1) is 0 Å². The van der Waals surface area contributed by atoms with E-state index in [2.05, 4.69) is 25.7 Å². The van der Waals surface area contributed by atoms with E-state index in [0.717, 1.165) is 0 Å². The maximum absolute atomic E-state index is 2.82.